The fraction of sp³-hybridized carbons (Fsp3) is 0.333. The van der Waals surface area contributed by atoms with Crippen molar-refractivity contribution < 1.29 is 0 Å². The van der Waals surface area contributed by atoms with Gasteiger partial charge in [-0.25, -0.2) is 0 Å². The number of hydrogen-bond donors (Lipinski definition) is 2. The van der Waals surface area contributed by atoms with Crippen LogP contribution >= 0.6 is 0 Å². The van der Waals surface area contributed by atoms with E-state index in [1.165, 1.54) is 35.1 Å². The van der Waals surface area contributed by atoms with E-state index in [9.17, 15) is 0 Å². The highest BCUT2D eigenvalue weighted by Crippen LogP contribution is 2.31. The van der Waals surface area contributed by atoms with E-state index in [2.05, 4.69) is 90.2 Å². The molecule has 0 radical (unpaired) electrons. The molecule has 2 aliphatic rings. The Morgan fingerprint density at radius 2 is 1.31 bits per heavy atom. The molecular formula is C27H32N2. The van der Waals surface area contributed by atoms with Crippen molar-refractivity contribution in [2.24, 2.45) is 5.73 Å². The van der Waals surface area contributed by atoms with Gasteiger partial charge in [0.25, 0.3) is 0 Å². The molecule has 2 nitrogen and oxygen atoms in total. The summed E-state index contributed by atoms with van der Waals surface area (Å²) >= 11 is 0. The van der Waals surface area contributed by atoms with Crippen LogP contribution in [0.15, 0.2) is 84.9 Å². The maximum absolute atomic E-state index is 5.85. The van der Waals surface area contributed by atoms with E-state index in [-0.39, 0.29) is 0 Å². The summed E-state index contributed by atoms with van der Waals surface area (Å²) in [6.45, 7) is 1.15. The van der Waals surface area contributed by atoms with Gasteiger partial charge in [0.2, 0.25) is 0 Å². The van der Waals surface area contributed by atoms with Crippen LogP contribution in [0.3, 0.4) is 0 Å². The van der Waals surface area contributed by atoms with E-state index >= 15 is 0 Å². The van der Waals surface area contributed by atoms with Crippen LogP contribution < -0.4 is 11.1 Å². The highest BCUT2D eigenvalue weighted by atomic mass is 14.9. The van der Waals surface area contributed by atoms with Crippen molar-refractivity contribution in [3.05, 3.63) is 107 Å². The Balaban J connectivity index is 0.000000159. The van der Waals surface area contributed by atoms with Gasteiger partial charge in [-0.05, 0) is 60.9 Å². The lowest BCUT2D eigenvalue weighted by Crippen LogP contribution is -2.29. The van der Waals surface area contributed by atoms with Crippen molar-refractivity contribution in [1.82, 2.24) is 5.32 Å². The third-order valence-corrected chi connectivity index (χ3v) is 6.20. The first-order chi connectivity index (χ1) is 14.3. The van der Waals surface area contributed by atoms with Crippen LogP contribution in [0.5, 0.6) is 0 Å². The first-order valence-corrected chi connectivity index (χ1v) is 11.0. The summed E-state index contributed by atoms with van der Waals surface area (Å²) in [6.07, 6.45) is 5.94. The highest BCUT2D eigenvalue weighted by molar-refractivity contribution is 5.34. The van der Waals surface area contributed by atoms with E-state index in [0.717, 1.165) is 25.8 Å². The van der Waals surface area contributed by atoms with Gasteiger partial charge in [-0.1, -0.05) is 84.9 Å². The third kappa shape index (κ3) is 5.14. The molecule has 0 amide bonds. The lowest BCUT2D eigenvalue weighted by atomic mass is 9.84. The fourth-order valence-corrected chi connectivity index (χ4v) is 4.70. The van der Waals surface area contributed by atoms with Gasteiger partial charge >= 0.3 is 0 Å². The minimum absolute atomic E-state index is 0.393. The quantitative estimate of drug-likeness (QED) is 0.661. The molecule has 2 unspecified atom stereocenters. The SMILES string of the molecule is NC1CCc2ccccc2C1.c1ccc(C(c2ccccc2)C2CCCN2)cc1. The van der Waals surface area contributed by atoms with Gasteiger partial charge in [-0.3, -0.25) is 0 Å². The van der Waals surface area contributed by atoms with E-state index in [1.807, 2.05) is 0 Å². The predicted octanol–water partition coefficient (Wildman–Crippen LogP) is 5.07. The van der Waals surface area contributed by atoms with E-state index < -0.39 is 0 Å². The minimum Gasteiger partial charge on any atom is -0.327 e. The molecule has 0 saturated carbocycles. The molecule has 1 aliphatic carbocycles. The van der Waals surface area contributed by atoms with Crippen LogP contribution in [0.4, 0.5) is 0 Å². The zero-order valence-electron chi connectivity index (χ0n) is 17.1. The van der Waals surface area contributed by atoms with E-state index in [0.29, 0.717) is 18.0 Å². The van der Waals surface area contributed by atoms with Crippen molar-refractivity contribution in [1.29, 1.82) is 0 Å². The van der Waals surface area contributed by atoms with Crippen molar-refractivity contribution in [3.63, 3.8) is 0 Å². The zero-order chi connectivity index (χ0) is 19.9. The summed E-state index contributed by atoms with van der Waals surface area (Å²) in [5.41, 5.74) is 11.6. The molecule has 2 atom stereocenters. The van der Waals surface area contributed by atoms with Gasteiger partial charge in [-0.15, -0.1) is 0 Å². The molecule has 3 N–H and O–H groups in total. The smallest absolute Gasteiger partial charge is 0.0243 e. The predicted molar refractivity (Wildman–Crippen MR) is 122 cm³/mol. The summed E-state index contributed by atoms with van der Waals surface area (Å²) in [6, 6.07) is 31.3. The van der Waals surface area contributed by atoms with Crippen LogP contribution in [0.2, 0.25) is 0 Å². The van der Waals surface area contributed by atoms with Crippen LogP contribution in [0.25, 0.3) is 0 Å². The normalized spacial score (nSPS) is 20.6. The molecule has 29 heavy (non-hydrogen) atoms. The number of benzene rings is 3. The monoisotopic (exact) mass is 384 g/mol. The zero-order valence-corrected chi connectivity index (χ0v) is 17.1. The summed E-state index contributed by atoms with van der Waals surface area (Å²) in [4.78, 5) is 0. The average Bonchev–Trinajstić information content (AvgIpc) is 3.30. The van der Waals surface area contributed by atoms with Crippen molar-refractivity contribution in [2.45, 2.75) is 50.1 Å². The van der Waals surface area contributed by atoms with Crippen LogP contribution in [-0.2, 0) is 12.8 Å². The summed E-state index contributed by atoms with van der Waals surface area (Å²) in [5.74, 6) is 0.481. The van der Waals surface area contributed by atoms with Gasteiger partial charge in [-0.2, -0.15) is 0 Å². The second-order valence-corrected chi connectivity index (χ2v) is 8.27. The molecule has 3 aromatic rings. The Labute approximate surface area is 175 Å². The number of nitrogens with two attached hydrogens (primary N) is 1. The Kier molecular flexibility index (Phi) is 6.76. The minimum atomic E-state index is 0.393. The van der Waals surface area contributed by atoms with Gasteiger partial charge < -0.3 is 11.1 Å². The van der Waals surface area contributed by atoms with Gasteiger partial charge in [0.1, 0.15) is 0 Å². The van der Waals surface area contributed by atoms with E-state index in [1.54, 1.807) is 0 Å². The van der Waals surface area contributed by atoms with Crippen LogP contribution in [0.1, 0.15) is 47.4 Å². The van der Waals surface area contributed by atoms with Crippen molar-refractivity contribution in [3.8, 4) is 0 Å². The summed E-state index contributed by atoms with van der Waals surface area (Å²) in [5, 5.41) is 3.65. The molecule has 2 heteroatoms. The first-order valence-electron chi connectivity index (χ1n) is 11.0. The average molecular weight is 385 g/mol. The van der Waals surface area contributed by atoms with Gasteiger partial charge in [0.05, 0.1) is 0 Å². The first kappa shape index (κ1) is 19.9. The number of nitrogens with one attached hydrogen (secondary N) is 1. The number of hydrogen-bond acceptors (Lipinski definition) is 2. The molecule has 1 saturated heterocycles. The van der Waals surface area contributed by atoms with Crippen molar-refractivity contribution in [2.75, 3.05) is 6.54 Å². The van der Waals surface area contributed by atoms with Crippen molar-refractivity contribution >= 4 is 0 Å². The number of aryl methyl sites for hydroxylation is 1. The Morgan fingerprint density at radius 1 is 0.724 bits per heavy atom. The lowest BCUT2D eigenvalue weighted by molar-refractivity contribution is 0.540. The second-order valence-electron chi connectivity index (χ2n) is 8.27. The second kappa shape index (κ2) is 9.87. The number of fused-ring (bicyclic) bond motifs is 1. The maximum atomic E-state index is 5.85. The number of rotatable bonds is 3. The molecule has 5 rings (SSSR count). The topological polar surface area (TPSA) is 38.0 Å². The molecule has 3 aromatic carbocycles. The Hall–Kier alpha value is -2.42. The molecule has 0 bridgehead atoms. The summed E-state index contributed by atoms with van der Waals surface area (Å²) in [7, 11) is 0. The van der Waals surface area contributed by atoms with E-state index in [4.69, 9.17) is 5.73 Å². The molecule has 150 valence electrons. The van der Waals surface area contributed by atoms with Crippen LogP contribution in [0, 0.1) is 0 Å². The molecule has 0 aromatic heterocycles. The molecule has 1 heterocycles. The third-order valence-electron chi connectivity index (χ3n) is 6.20. The highest BCUT2D eigenvalue weighted by Gasteiger charge is 2.26. The summed E-state index contributed by atoms with van der Waals surface area (Å²) < 4.78 is 0. The van der Waals surface area contributed by atoms with Crippen LogP contribution in [-0.4, -0.2) is 18.6 Å². The Morgan fingerprint density at radius 3 is 1.90 bits per heavy atom. The van der Waals surface area contributed by atoms with Gasteiger partial charge in [0, 0.05) is 18.0 Å². The lowest BCUT2D eigenvalue weighted by Gasteiger charge is -2.25. The van der Waals surface area contributed by atoms with Gasteiger partial charge in [0.15, 0.2) is 0 Å². The molecule has 1 aliphatic heterocycles. The standard InChI is InChI=1S/C17H19N.C10H13N/c1-3-8-14(9-4-1)17(16-12-7-13-18-16)15-10-5-2-6-11-15;11-10-6-5-8-3-1-2-4-9(8)7-10/h1-6,8-11,16-18H,7,12-13H2;1-4,10H,5-7,11H2. The maximum Gasteiger partial charge on any atom is 0.0243 e. The Bertz CT molecular complexity index is 830. The largest absolute Gasteiger partial charge is 0.327 e. The molecule has 1 fully saturated rings. The molecule has 0 spiro atoms. The fourth-order valence-electron chi connectivity index (χ4n) is 4.70. The molecular weight excluding hydrogens is 352 g/mol.